The summed E-state index contributed by atoms with van der Waals surface area (Å²) in [6.45, 7) is 4.26. The Bertz CT molecular complexity index is 883. The van der Waals surface area contributed by atoms with E-state index in [1.54, 1.807) is 11.6 Å². The number of piperidine rings is 1. The standard InChI is InChI=1S/C22H29N3O2/c1-23-20-10-3-2-9-18(20)19(16-21(23)26)22(27)25-14-5-4-8-17(25)11-15-24-12-6-7-13-24/h2-3,9-10,16-17H,4-8,11-15H2,1H3/t17-/m1/s1. The van der Waals surface area contributed by atoms with Crippen molar-refractivity contribution in [1.29, 1.82) is 0 Å². The van der Waals surface area contributed by atoms with E-state index in [1.807, 2.05) is 29.2 Å². The fourth-order valence-electron chi connectivity index (χ4n) is 4.65. The summed E-state index contributed by atoms with van der Waals surface area (Å²) in [6.07, 6.45) is 6.94. The van der Waals surface area contributed by atoms with E-state index in [9.17, 15) is 9.59 Å². The van der Waals surface area contributed by atoms with E-state index in [4.69, 9.17) is 0 Å². The number of hydrogen-bond acceptors (Lipinski definition) is 3. The van der Waals surface area contributed by atoms with Crippen molar-refractivity contribution < 1.29 is 4.79 Å². The molecule has 0 bridgehead atoms. The van der Waals surface area contributed by atoms with Gasteiger partial charge in [0.1, 0.15) is 0 Å². The van der Waals surface area contributed by atoms with Crippen LogP contribution in [0.5, 0.6) is 0 Å². The number of likely N-dealkylation sites (tertiary alicyclic amines) is 2. The Labute approximate surface area is 160 Å². The first-order valence-corrected chi connectivity index (χ1v) is 10.3. The van der Waals surface area contributed by atoms with Crippen LogP contribution in [0.15, 0.2) is 35.1 Å². The highest BCUT2D eigenvalue weighted by Gasteiger charge is 2.29. The van der Waals surface area contributed by atoms with Gasteiger partial charge in [0.05, 0.1) is 11.1 Å². The van der Waals surface area contributed by atoms with Gasteiger partial charge in [-0.05, 0) is 57.7 Å². The Hall–Kier alpha value is -2.14. The zero-order valence-electron chi connectivity index (χ0n) is 16.2. The van der Waals surface area contributed by atoms with E-state index >= 15 is 0 Å². The van der Waals surface area contributed by atoms with Crippen molar-refractivity contribution in [3.63, 3.8) is 0 Å². The van der Waals surface area contributed by atoms with Gasteiger partial charge in [-0.15, -0.1) is 0 Å². The lowest BCUT2D eigenvalue weighted by molar-refractivity contribution is 0.0589. The van der Waals surface area contributed by atoms with Gasteiger partial charge in [0.2, 0.25) is 0 Å². The molecule has 0 N–H and O–H groups in total. The third kappa shape index (κ3) is 3.65. The molecule has 4 rings (SSSR count). The number of aromatic nitrogens is 1. The van der Waals surface area contributed by atoms with E-state index in [0.717, 1.165) is 43.3 Å². The van der Waals surface area contributed by atoms with E-state index < -0.39 is 0 Å². The van der Waals surface area contributed by atoms with Crippen molar-refractivity contribution in [1.82, 2.24) is 14.4 Å². The first-order valence-electron chi connectivity index (χ1n) is 10.3. The van der Waals surface area contributed by atoms with Crippen LogP contribution in [0.3, 0.4) is 0 Å². The number of carbonyl (C=O) groups excluding carboxylic acids is 1. The first kappa shape index (κ1) is 18.2. The number of benzene rings is 1. The Morgan fingerprint density at radius 2 is 1.81 bits per heavy atom. The van der Waals surface area contributed by atoms with Crippen molar-refractivity contribution in [2.24, 2.45) is 7.05 Å². The number of aryl methyl sites for hydroxylation is 1. The number of hydrogen-bond donors (Lipinski definition) is 0. The van der Waals surface area contributed by atoms with Crippen molar-refractivity contribution in [3.8, 4) is 0 Å². The average Bonchev–Trinajstić information content (AvgIpc) is 3.22. The van der Waals surface area contributed by atoms with Crippen LogP contribution >= 0.6 is 0 Å². The fraction of sp³-hybridized carbons (Fsp3) is 0.545. The molecule has 1 aromatic carbocycles. The van der Waals surface area contributed by atoms with Crippen LogP contribution in [-0.2, 0) is 7.05 Å². The SMILES string of the molecule is Cn1c(=O)cc(C(=O)N2CCCC[C@@H]2CCN2CCCC2)c2ccccc21. The molecule has 2 aliphatic heterocycles. The van der Waals surface area contributed by atoms with Crippen LogP contribution in [0.1, 0.15) is 48.9 Å². The quantitative estimate of drug-likeness (QED) is 0.834. The van der Waals surface area contributed by atoms with Crippen LogP contribution < -0.4 is 5.56 Å². The van der Waals surface area contributed by atoms with Crippen molar-refractivity contribution in [2.75, 3.05) is 26.2 Å². The normalized spacial score (nSPS) is 21.1. The molecular weight excluding hydrogens is 338 g/mol. The minimum Gasteiger partial charge on any atom is -0.336 e. The number of amides is 1. The van der Waals surface area contributed by atoms with Crippen molar-refractivity contribution in [3.05, 3.63) is 46.2 Å². The van der Waals surface area contributed by atoms with Gasteiger partial charge in [-0.25, -0.2) is 0 Å². The van der Waals surface area contributed by atoms with Crippen LogP contribution in [0.2, 0.25) is 0 Å². The fourth-order valence-corrected chi connectivity index (χ4v) is 4.65. The van der Waals surface area contributed by atoms with Crippen LogP contribution in [0.25, 0.3) is 10.9 Å². The predicted molar refractivity (Wildman–Crippen MR) is 108 cm³/mol. The molecule has 0 saturated carbocycles. The topological polar surface area (TPSA) is 45.6 Å². The molecule has 144 valence electrons. The highest BCUT2D eigenvalue weighted by Crippen LogP contribution is 2.25. The van der Waals surface area contributed by atoms with Gasteiger partial charge in [0.25, 0.3) is 11.5 Å². The zero-order chi connectivity index (χ0) is 18.8. The largest absolute Gasteiger partial charge is 0.336 e. The molecule has 0 radical (unpaired) electrons. The number of fused-ring (bicyclic) bond motifs is 1. The lowest BCUT2D eigenvalue weighted by atomic mass is 9.97. The summed E-state index contributed by atoms with van der Waals surface area (Å²) in [5.41, 5.74) is 1.25. The molecule has 2 aliphatic rings. The van der Waals surface area contributed by atoms with Gasteiger partial charge in [-0.2, -0.15) is 0 Å². The Kier molecular flexibility index (Phi) is 5.30. The summed E-state index contributed by atoms with van der Waals surface area (Å²) < 4.78 is 1.62. The molecule has 3 heterocycles. The molecule has 2 saturated heterocycles. The Balaban J connectivity index is 1.61. The third-order valence-electron chi connectivity index (χ3n) is 6.25. The smallest absolute Gasteiger partial charge is 0.254 e. The number of rotatable bonds is 4. The van der Waals surface area contributed by atoms with E-state index in [2.05, 4.69) is 4.90 Å². The van der Waals surface area contributed by atoms with Crippen molar-refractivity contribution >= 4 is 16.8 Å². The molecule has 0 aliphatic carbocycles. The summed E-state index contributed by atoms with van der Waals surface area (Å²) >= 11 is 0. The van der Waals surface area contributed by atoms with Crippen LogP contribution in [0.4, 0.5) is 0 Å². The summed E-state index contributed by atoms with van der Waals surface area (Å²) in [4.78, 5) is 30.4. The molecule has 5 heteroatoms. The first-order chi connectivity index (χ1) is 13.1. The number of para-hydroxylation sites is 1. The van der Waals surface area contributed by atoms with Crippen LogP contribution in [-0.4, -0.2) is 52.5 Å². The second kappa shape index (κ2) is 7.85. The van der Waals surface area contributed by atoms with Gasteiger partial charge in [0, 0.05) is 37.6 Å². The lowest BCUT2D eigenvalue weighted by Crippen LogP contribution is -2.45. The minimum atomic E-state index is -0.123. The molecule has 1 atom stereocenters. The summed E-state index contributed by atoms with van der Waals surface area (Å²) in [6, 6.07) is 9.52. The molecule has 2 aromatic rings. The second-order valence-corrected chi connectivity index (χ2v) is 7.96. The van der Waals surface area contributed by atoms with E-state index in [1.165, 1.54) is 38.4 Å². The predicted octanol–water partition coefficient (Wildman–Crippen LogP) is 3.02. The van der Waals surface area contributed by atoms with Crippen molar-refractivity contribution in [2.45, 2.75) is 44.6 Å². The molecule has 2 fully saturated rings. The average molecular weight is 367 g/mol. The van der Waals surface area contributed by atoms with E-state index in [0.29, 0.717) is 5.56 Å². The van der Waals surface area contributed by atoms with E-state index in [-0.39, 0.29) is 17.5 Å². The van der Waals surface area contributed by atoms with Crippen LogP contribution in [0, 0.1) is 0 Å². The summed E-state index contributed by atoms with van der Waals surface area (Å²) in [7, 11) is 1.76. The molecule has 5 nitrogen and oxygen atoms in total. The third-order valence-corrected chi connectivity index (χ3v) is 6.25. The molecule has 1 aromatic heterocycles. The zero-order valence-corrected chi connectivity index (χ0v) is 16.2. The van der Waals surface area contributed by atoms with Gasteiger partial charge >= 0.3 is 0 Å². The molecule has 27 heavy (non-hydrogen) atoms. The van der Waals surface area contributed by atoms with Gasteiger partial charge in [-0.3, -0.25) is 9.59 Å². The van der Waals surface area contributed by atoms with Gasteiger partial charge < -0.3 is 14.4 Å². The number of nitrogens with zero attached hydrogens (tertiary/aromatic N) is 3. The Morgan fingerprint density at radius 3 is 2.63 bits per heavy atom. The van der Waals surface area contributed by atoms with Gasteiger partial charge in [0.15, 0.2) is 0 Å². The number of pyridine rings is 1. The number of carbonyl (C=O) groups is 1. The lowest BCUT2D eigenvalue weighted by Gasteiger charge is -2.37. The molecule has 1 amide bonds. The maximum absolute atomic E-state index is 13.4. The second-order valence-electron chi connectivity index (χ2n) is 7.96. The monoisotopic (exact) mass is 367 g/mol. The molecule has 0 spiro atoms. The Morgan fingerprint density at radius 1 is 1.07 bits per heavy atom. The molecule has 0 unspecified atom stereocenters. The maximum atomic E-state index is 13.4. The highest BCUT2D eigenvalue weighted by atomic mass is 16.2. The minimum absolute atomic E-state index is 0.0232. The summed E-state index contributed by atoms with van der Waals surface area (Å²) in [5, 5.41) is 0.869. The summed E-state index contributed by atoms with van der Waals surface area (Å²) in [5.74, 6) is 0.0232. The maximum Gasteiger partial charge on any atom is 0.254 e. The van der Waals surface area contributed by atoms with Gasteiger partial charge in [-0.1, -0.05) is 18.2 Å². The molecular formula is C22H29N3O2. The highest BCUT2D eigenvalue weighted by molar-refractivity contribution is 6.06.